The van der Waals surface area contributed by atoms with Crippen molar-refractivity contribution in [3.63, 3.8) is 0 Å². The zero-order chi connectivity index (χ0) is 56.4. The summed E-state index contributed by atoms with van der Waals surface area (Å²) in [4.78, 5) is 38.3. The summed E-state index contributed by atoms with van der Waals surface area (Å²) in [6.07, 6.45) is 88.5. The van der Waals surface area contributed by atoms with E-state index in [4.69, 9.17) is 14.2 Å². The number of rotatable bonds is 60. The standard InChI is InChI=1S/C72H124O6/c1-4-7-10-13-16-19-22-24-26-28-30-31-32-33-34-35-36-37-38-39-40-41-42-44-45-47-50-53-56-59-62-65-71(74)77-68-69(67-76-70(73)64-61-58-55-52-49-21-18-15-12-9-6-3)78-72(75)66-63-60-57-54-51-48-46-43-29-27-25-23-20-17-14-11-8-5-2/h7,10,15-16,18-19,24,26,30-31,33-34,36-37,39-40,69H,4-6,8-9,11-14,17,20-23,25,27-29,32,35,38,41-68H2,1-3H3/b10-7-,18-15-,19-16-,26-24-,31-30-,34-33-,37-36-,40-39-. The minimum Gasteiger partial charge on any atom is -0.462 e. The zero-order valence-corrected chi connectivity index (χ0v) is 51.4. The second kappa shape index (κ2) is 65.8. The molecule has 0 aliphatic carbocycles. The Morgan fingerprint density at radius 1 is 0.269 bits per heavy atom. The summed E-state index contributed by atoms with van der Waals surface area (Å²) in [5.41, 5.74) is 0. The molecule has 6 heteroatoms. The Morgan fingerprint density at radius 3 is 0.833 bits per heavy atom. The van der Waals surface area contributed by atoms with Gasteiger partial charge in [-0.1, -0.05) is 304 Å². The molecule has 0 amide bonds. The van der Waals surface area contributed by atoms with E-state index in [2.05, 4.69) is 118 Å². The van der Waals surface area contributed by atoms with Crippen LogP contribution in [0.1, 0.15) is 323 Å². The number of allylic oxidation sites excluding steroid dienone is 16. The Bertz CT molecular complexity index is 1530. The smallest absolute Gasteiger partial charge is 0.306 e. The van der Waals surface area contributed by atoms with Crippen LogP contribution in [0.4, 0.5) is 0 Å². The number of carbonyl (C=O) groups is 3. The lowest BCUT2D eigenvalue weighted by Crippen LogP contribution is -2.30. The highest BCUT2D eigenvalue weighted by atomic mass is 16.6. The van der Waals surface area contributed by atoms with Crippen molar-refractivity contribution in [2.24, 2.45) is 0 Å². The average Bonchev–Trinajstić information content (AvgIpc) is 3.44. The second-order valence-electron chi connectivity index (χ2n) is 22.0. The molecule has 0 aliphatic heterocycles. The van der Waals surface area contributed by atoms with Crippen LogP contribution in [0, 0.1) is 0 Å². The van der Waals surface area contributed by atoms with Crippen molar-refractivity contribution in [1.29, 1.82) is 0 Å². The Kier molecular flexibility index (Phi) is 62.7. The molecule has 0 spiro atoms. The fraction of sp³-hybridized carbons (Fsp3) is 0.736. The molecule has 0 aromatic rings. The van der Waals surface area contributed by atoms with Crippen molar-refractivity contribution >= 4 is 17.9 Å². The largest absolute Gasteiger partial charge is 0.462 e. The molecule has 0 bridgehead atoms. The first-order chi connectivity index (χ1) is 38.5. The van der Waals surface area contributed by atoms with Crippen LogP contribution < -0.4 is 0 Å². The third-order valence-electron chi connectivity index (χ3n) is 14.3. The summed E-state index contributed by atoms with van der Waals surface area (Å²) in [6.45, 7) is 6.51. The molecule has 0 saturated heterocycles. The average molecular weight is 1090 g/mol. The maximum atomic E-state index is 12.9. The first-order valence-electron chi connectivity index (χ1n) is 33.2. The van der Waals surface area contributed by atoms with E-state index in [1.807, 2.05) is 0 Å². The van der Waals surface area contributed by atoms with Crippen molar-refractivity contribution in [3.8, 4) is 0 Å². The first-order valence-corrected chi connectivity index (χ1v) is 33.2. The van der Waals surface area contributed by atoms with Crippen LogP contribution in [-0.2, 0) is 28.6 Å². The lowest BCUT2D eigenvalue weighted by atomic mass is 10.0. The van der Waals surface area contributed by atoms with Gasteiger partial charge in [0.25, 0.3) is 0 Å². The van der Waals surface area contributed by atoms with Gasteiger partial charge in [-0.25, -0.2) is 0 Å². The SMILES string of the molecule is CC/C=C\C/C=C\C/C=C\C/C=C\C/C=C\C/C=C\C/C=C\CCCCCCCCCCCC(=O)OCC(COC(=O)CCCCCCC/C=C\CCCC)OC(=O)CCCCCCCCCCCCCCCCCCCC. The van der Waals surface area contributed by atoms with Gasteiger partial charge < -0.3 is 14.2 Å². The summed E-state index contributed by atoms with van der Waals surface area (Å²) in [7, 11) is 0. The Morgan fingerprint density at radius 2 is 0.513 bits per heavy atom. The molecule has 78 heavy (non-hydrogen) atoms. The number of esters is 3. The summed E-state index contributed by atoms with van der Waals surface area (Å²) >= 11 is 0. The molecule has 1 atom stereocenters. The highest BCUT2D eigenvalue weighted by Gasteiger charge is 2.19. The molecule has 0 rings (SSSR count). The van der Waals surface area contributed by atoms with E-state index in [1.54, 1.807) is 0 Å². The van der Waals surface area contributed by atoms with Gasteiger partial charge in [0.15, 0.2) is 6.10 Å². The van der Waals surface area contributed by atoms with Crippen molar-refractivity contribution < 1.29 is 28.6 Å². The van der Waals surface area contributed by atoms with E-state index in [0.717, 1.165) is 116 Å². The summed E-state index contributed by atoms with van der Waals surface area (Å²) < 4.78 is 16.9. The van der Waals surface area contributed by atoms with Gasteiger partial charge in [0.1, 0.15) is 13.2 Å². The number of hydrogen-bond donors (Lipinski definition) is 0. The van der Waals surface area contributed by atoms with Gasteiger partial charge in [0, 0.05) is 19.3 Å². The van der Waals surface area contributed by atoms with Crippen LogP contribution in [-0.4, -0.2) is 37.2 Å². The monoisotopic (exact) mass is 1080 g/mol. The maximum absolute atomic E-state index is 12.9. The third kappa shape index (κ3) is 63.2. The van der Waals surface area contributed by atoms with Crippen LogP contribution >= 0.6 is 0 Å². The van der Waals surface area contributed by atoms with Gasteiger partial charge in [0.2, 0.25) is 0 Å². The van der Waals surface area contributed by atoms with E-state index in [-0.39, 0.29) is 31.1 Å². The molecule has 0 N–H and O–H groups in total. The molecule has 0 aromatic heterocycles. The summed E-state index contributed by atoms with van der Waals surface area (Å²) in [5, 5.41) is 0. The molecule has 0 radical (unpaired) electrons. The van der Waals surface area contributed by atoms with Gasteiger partial charge in [0.05, 0.1) is 0 Å². The number of ether oxygens (including phenoxy) is 3. The normalized spacial score (nSPS) is 12.7. The molecule has 6 nitrogen and oxygen atoms in total. The van der Waals surface area contributed by atoms with Crippen molar-refractivity contribution in [2.75, 3.05) is 13.2 Å². The van der Waals surface area contributed by atoms with Crippen LogP contribution in [0.25, 0.3) is 0 Å². The van der Waals surface area contributed by atoms with E-state index < -0.39 is 6.10 Å². The van der Waals surface area contributed by atoms with E-state index in [9.17, 15) is 14.4 Å². The lowest BCUT2D eigenvalue weighted by molar-refractivity contribution is -0.167. The van der Waals surface area contributed by atoms with Crippen LogP contribution in [0.2, 0.25) is 0 Å². The third-order valence-corrected chi connectivity index (χ3v) is 14.3. The van der Waals surface area contributed by atoms with Gasteiger partial charge >= 0.3 is 17.9 Å². The van der Waals surface area contributed by atoms with Crippen LogP contribution in [0.3, 0.4) is 0 Å². The van der Waals surface area contributed by atoms with Crippen LogP contribution in [0.5, 0.6) is 0 Å². The number of carbonyl (C=O) groups excluding carboxylic acids is 3. The van der Waals surface area contributed by atoms with Gasteiger partial charge in [-0.3, -0.25) is 14.4 Å². The van der Waals surface area contributed by atoms with E-state index in [0.29, 0.717) is 19.3 Å². The maximum Gasteiger partial charge on any atom is 0.306 e. The van der Waals surface area contributed by atoms with Crippen molar-refractivity contribution in [1.82, 2.24) is 0 Å². The minimum absolute atomic E-state index is 0.0802. The van der Waals surface area contributed by atoms with E-state index >= 15 is 0 Å². The Balaban J connectivity index is 4.23. The van der Waals surface area contributed by atoms with Crippen molar-refractivity contribution in [2.45, 2.75) is 329 Å². The van der Waals surface area contributed by atoms with Gasteiger partial charge in [-0.15, -0.1) is 0 Å². The van der Waals surface area contributed by atoms with Crippen molar-refractivity contribution in [3.05, 3.63) is 97.2 Å². The quantitative estimate of drug-likeness (QED) is 0.0261. The molecule has 0 heterocycles. The fourth-order valence-corrected chi connectivity index (χ4v) is 9.35. The highest BCUT2D eigenvalue weighted by molar-refractivity contribution is 5.71. The Labute approximate surface area is 483 Å². The lowest BCUT2D eigenvalue weighted by Gasteiger charge is -2.18. The summed E-state index contributed by atoms with van der Waals surface area (Å²) in [5.74, 6) is -0.882. The predicted octanol–water partition coefficient (Wildman–Crippen LogP) is 22.8. The molecule has 0 saturated carbocycles. The molecule has 1 unspecified atom stereocenters. The zero-order valence-electron chi connectivity index (χ0n) is 51.4. The highest BCUT2D eigenvalue weighted by Crippen LogP contribution is 2.17. The molecule has 0 aliphatic rings. The second-order valence-corrected chi connectivity index (χ2v) is 22.0. The Hall–Kier alpha value is -3.67. The molecule has 448 valence electrons. The molecule has 0 fully saturated rings. The van der Waals surface area contributed by atoms with Crippen LogP contribution in [0.15, 0.2) is 97.2 Å². The summed E-state index contributed by atoms with van der Waals surface area (Å²) in [6, 6.07) is 0. The number of hydrogen-bond acceptors (Lipinski definition) is 6. The molecule has 0 aromatic carbocycles. The topological polar surface area (TPSA) is 78.9 Å². The fourth-order valence-electron chi connectivity index (χ4n) is 9.35. The first kappa shape index (κ1) is 74.3. The van der Waals surface area contributed by atoms with E-state index in [1.165, 1.54) is 167 Å². The molecular weight excluding hydrogens is 961 g/mol. The molecular formula is C72H124O6. The van der Waals surface area contributed by atoms with Gasteiger partial charge in [-0.2, -0.15) is 0 Å². The van der Waals surface area contributed by atoms with Gasteiger partial charge in [-0.05, 0) is 96.3 Å². The predicted molar refractivity (Wildman–Crippen MR) is 339 cm³/mol. The minimum atomic E-state index is -0.782. The number of unbranched alkanes of at least 4 members (excludes halogenated alkanes) is 33.